The second-order valence-electron chi connectivity index (χ2n) is 3.71. The Bertz CT molecular complexity index is 573. The summed E-state index contributed by atoms with van der Waals surface area (Å²) in [5.41, 5.74) is 0.853. The van der Waals surface area contributed by atoms with Crippen LogP contribution >= 0.6 is 23.2 Å². The molecular formula is C13H9Cl2F2N. The third-order valence-electron chi connectivity index (χ3n) is 2.41. The van der Waals surface area contributed by atoms with Crippen molar-refractivity contribution in [1.29, 1.82) is 0 Å². The summed E-state index contributed by atoms with van der Waals surface area (Å²) in [6, 6.07) is 8.35. The van der Waals surface area contributed by atoms with E-state index >= 15 is 0 Å². The molecular weight excluding hydrogens is 279 g/mol. The number of halogens is 4. The fourth-order valence-electron chi connectivity index (χ4n) is 1.49. The van der Waals surface area contributed by atoms with Gasteiger partial charge in [-0.25, -0.2) is 8.78 Å². The lowest BCUT2D eigenvalue weighted by atomic mass is 10.2. The zero-order valence-corrected chi connectivity index (χ0v) is 10.7. The number of nitrogens with one attached hydrogen (secondary N) is 1. The Balaban J connectivity index is 2.13. The van der Waals surface area contributed by atoms with Gasteiger partial charge < -0.3 is 5.32 Å². The van der Waals surface area contributed by atoms with Crippen LogP contribution in [-0.4, -0.2) is 0 Å². The Hall–Kier alpha value is -1.32. The van der Waals surface area contributed by atoms with Crippen LogP contribution in [0.15, 0.2) is 36.4 Å². The summed E-state index contributed by atoms with van der Waals surface area (Å²) in [6.07, 6.45) is 0. The van der Waals surface area contributed by atoms with Gasteiger partial charge in [0.05, 0.1) is 10.7 Å². The summed E-state index contributed by atoms with van der Waals surface area (Å²) in [6.45, 7) is 0.201. The van der Waals surface area contributed by atoms with Gasteiger partial charge in [0, 0.05) is 17.1 Å². The minimum absolute atomic E-state index is 0.201. The van der Waals surface area contributed by atoms with E-state index in [9.17, 15) is 8.78 Å². The zero-order chi connectivity index (χ0) is 13.1. The number of hydrogen-bond donors (Lipinski definition) is 1. The van der Waals surface area contributed by atoms with Gasteiger partial charge in [-0.05, 0) is 30.3 Å². The van der Waals surface area contributed by atoms with E-state index in [0.29, 0.717) is 21.3 Å². The van der Waals surface area contributed by atoms with Crippen molar-refractivity contribution in [3.63, 3.8) is 0 Å². The molecule has 0 aliphatic carbocycles. The monoisotopic (exact) mass is 287 g/mol. The van der Waals surface area contributed by atoms with Crippen LogP contribution in [-0.2, 0) is 6.54 Å². The van der Waals surface area contributed by atoms with Crippen molar-refractivity contribution in [3.8, 4) is 0 Å². The minimum atomic E-state index is -0.414. The van der Waals surface area contributed by atoms with Gasteiger partial charge in [0.15, 0.2) is 0 Å². The van der Waals surface area contributed by atoms with Crippen molar-refractivity contribution < 1.29 is 8.78 Å². The van der Waals surface area contributed by atoms with Gasteiger partial charge in [-0.1, -0.05) is 29.3 Å². The molecule has 5 heteroatoms. The lowest BCUT2D eigenvalue weighted by Crippen LogP contribution is -2.02. The number of benzene rings is 2. The van der Waals surface area contributed by atoms with Crippen molar-refractivity contribution in [2.45, 2.75) is 6.54 Å². The largest absolute Gasteiger partial charge is 0.380 e. The lowest BCUT2D eigenvalue weighted by Gasteiger charge is -2.09. The van der Waals surface area contributed by atoms with Crippen LogP contribution in [0.1, 0.15) is 5.56 Å². The third kappa shape index (κ3) is 3.12. The molecule has 18 heavy (non-hydrogen) atoms. The van der Waals surface area contributed by atoms with E-state index in [1.54, 1.807) is 12.1 Å². The summed E-state index contributed by atoms with van der Waals surface area (Å²) in [5.74, 6) is -0.819. The Morgan fingerprint density at radius 3 is 2.50 bits per heavy atom. The highest BCUT2D eigenvalue weighted by Gasteiger charge is 2.05. The molecule has 0 unspecified atom stereocenters. The van der Waals surface area contributed by atoms with Crippen molar-refractivity contribution in [3.05, 3.63) is 63.6 Å². The molecule has 2 aromatic rings. The summed E-state index contributed by atoms with van der Waals surface area (Å²) < 4.78 is 26.5. The first-order valence-electron chi connectivity index (χ1n) is 5.19. The quantitative estimate of drug-likeness (QED) is 0.848. The van der Waals surface area contributed by atoms with Gasteiger partial charge in [0.2, 0.25) is 0 Å². The summed E-state index contributed by atoms with van der Waals surface area (Å²) in [4.78, 5) is 0. The van der Waals surface area contributed by atoms with Crippen molar-refractivity contribution >= 4 is 28.9 Å². The van der Waals surface area contributed by atoms with Crippen LogP contribution < -0.4 is 5.32 Å². The Morgan fingerprint density at radius 2 is 1.78 bits per heavy atom. The van der Waals surface area contributed by atoms with Crippen molar-refractivity contribution in [1.82, 2.24) is 0 Å². The maximum Gasteiger partial charge on any atom is 0.129 e. The average molecular weight is 288 g/mol. The third-order valence-corrected chi connectivity index (χ3v) is 2.98. The van der Waals surface area contributed by atoms with Crippen LogP contribution in [0.25, 0.3) is 0 Å². The predicted octanol–water partition coefficient (Wildman–Crippen LogP) is 4.88. The molecule has 0 fully saturated rings. The zero-order valence-electron chi connectivity index (χ0n) is 9.18. The maximum atomic E-state index is 13.5. The molecule has 2 rings (SSSR count). The highest BCUT2D eigenvalue weighted by molar-refractivity contribution is 6.33. The lowest BCUT2D eigenvalue weighted by molar-refractivity contribution is 0.613. The molecule has 0 amide bonds. The fourth-order valence-corrected chi connectivity index (χ4v) is 1.83. The molecule has 1 nitrogen and oxygen atoms in total. The Labute approximate surface area is 113 Å². The van der Waals surface area contributed by atoms with Crippen LogP contribution in [0.4, 0.5) is 14.5 Å². The van der Waals surface area contributed by atoms with E-state index in [0.717, 1.165) is 0 Å². The molecule has 1 N–H and O–H groups in total. The number of rotatable bonds is 3. The predicted molar refractivity (Wildman–Crippen MR) is 70.1 cm³/mol. The highest BCUT2D eigenvalue weighted by atomic mass is 35.5. The number of hydrogen-bond acceptors (Lipinski definition) is 1. The molecule has 0 radical (unpaired) electrons. The molecule has 0 bridgehead atoms. The van der Waals surface area contributed by atoms with Gasteiger partial charge in [0.25, 0.3) is 0 Å². The summed E-state index contributed by atoms with van der Waals surface area (Å²) >= 11 is 11.5. The molecule has 0 saturated carbocycles. The molecule has 0 spiro atoms. The van der Waals surface area contributed by atoms with Crippen LogP contribution in [0, 0.1) is 11.6 Å². The van der Waals surface area contributed by atoms with E-state index in [4.69, 9.17) is 23.2 Å². The topological polar surface area (TPSA) is 12.0 Å². The van der Waals surface area contributed by atoms with Crippen molar-refractivity contribution in [2.75, 3.05) is 5.32 Å². The molecule has 0 aromatic heterocycles. The van der Waals surface area contributed by atoms with Crippen LogP contribution in [0.5, 0.6) is 0 Å². The summed E-state index contributed by atoms with van der Waals surface area (Å²) in [5, 5.41) is 3.59. The summed E-state index contributed by atoms with van der Waals surface area (Å²) in [7, 11) is 0. The Morgan fingerprint density at radius 1 is 1.00 bits per heavy atom. The average Bonchev–Trinajstić information content (AvgIpc) is 2.32. The molecule has 0 aliphatic heterocycles. The molecule has 94 valence electrons. The Kier molecular flexibility index (Phi) is 4.04. The molecule has 0 saturated heterocycles. The van der Waals surface area contributed by atoms with E-state index in [-0.39, 0.29) is 6.54 Å². The minimum Gasteiger partial charge on any atom is -0.380 e. The normalized spacial score (nSPS) is 10.4. The molecule has 2 aromatic carbocycles. The molecule has 0 atom stereocenters. The van der Waals surface area contributed by atoms with E-state index in [2.05, 4.69) is 5.32 Å². The second-order valence-corrected chi connectivity index (χ2v) is 4.56. The van der Waals surface area contributed by atoms with Gasteiger partial charge >= 0.3 is 0 Å². The first-order chi connectivity index (χ1) is 8.56. The molecule has 0 aliphatic rings. The SMILES string of the molecule is Fc1ccc(Cl)c(NCc2ccc(Cl)cc2F)c1. The number of anilines is 1. The van der Waals surface area contributed by atoms with Gasteiger partial charge in [-0.3, -0.25) is 0 Å². The van der Waals surface area contributed by atoms with Crippen LogP contribution in [0.3, 0.4) is 0 Å². The van der Waals surface area contributed by atoms with Gasteiger partial charge in [0.1, 0.15) is 11.6 Å². The highest BCUT2D eigenvalue weighted by Crippen LogP contribution is 2.23. The van der Waals surface area contributed by atoms with Gasteiger partial charge in [-0.2, -0.15) is 0 Å². The smallest absolute Gasteiger partial charge is 0.129 e. The van der Waals surface area contributed by atoms with Crippen molar-refractivity contribution in [2.24, 2.45) is 0 Å². The van der Waals surface area contributed by atoms with Gasteiger partial charge in [-0.15, -0.1) is 0 Å². The fraction of sp³-hybridized carbons (Fsp3) is 0.0769. The van der Waals surface area contributed by atoms with E-state index < -0.39 is 11.6 Å². The second kappa shape index (κ2) is 5.55. The van der Waals surface area contributed by atoms with Crippen LogP contribution in [0.2, 0.25) is 10.0 Å². The maximum absolute atomic E-state index is 13.5. The van der Waals surface area contributed by atoms with E-state index in [1.807, 2.05) is 0 Å². The van der Waals surface area contributed by atoms with E-state index in [1.165, 1.54) is 24.3 Å². The first kappa shape index (κ1) is 13.1. The first-order valence-corrected chi connectivity index (χ1v) is 5.95. The molecule has 0 heterocycles. The standard InChI is InChI=1S/C13H9Cl2F2N/c14-9-2-1-8(12(17)5-9)7-18-13-6-10(16)3-4-11(13)15/h1-6,18H,7H2.